The van der Waals surface area contributed by atoms with Crippen LogP contribution < -0.4 is 4.74 Å². The molecule has 0 aliphatic heterocycles. The van der Waals surface area contributed by atoms with Gasteiger partial charge in [0.1, 0.15) is 5.56 Å². The fourth-order valence-corrected chi connectivity index (χ4v) is 6.32. The highest BCUT2D eigenvalue weighted by Crippen LogP contribution is 2.43. The van der Waals surface area contributed by atoms with Gasteiger partial charge >= 0.3 is 6.18 Å². The van der Waals surface area contributed by atoms with Gasteiger partial charge in [0.15, 0.2) is 17.3 Å². The molecule has 0 bridgehead atoms. The second kappa shape index (κ2) is 12.4. The van der Waals surface area contributed by atoms with Crippen LogP contribution in [0.4, 0.5) is 17.6 Å². The van der Waals surface area contributed by atoms with Crippen LogP contribution in [0, 0.1) is 29.5 Å². The van der Waals surface area contributed by atoms with Crippen molar-refractivity contribution >= 4 is 5.78 Å². The summed E-state index contributed by atoms with van der Waals surface area (Å²) in [5.74, 6) is 0.542. The molecule has 2 nitrogen and oxygen atoms in total. The van der Waals surface area contributed by atoms with Gasteiger partial charge in [-0.2, -0.15) is 13.2 Å². The number of Topliss-reactive ketones (excluding diaryl/α,β-unsaturated/α-hetero) is 1. The largest absolute Gasteiger partial charge is 0.491 e. The number of benzene rings is 1. The lowest BCUT2D eigenvalue weighted by atomic mass is 9.68. The second-order valence-corrected chi connectivity index (χ2v) is 10.4. The maximum atomic E-state index is 14.4. The predicted molar refractivity (Wildman–Crippen MR) is 127 cm³/mol. The van der Waals surface area contributed by atoms with Crippen LogP contribution >= 0.6 is 0 Å². The molecule has 0 amide bonds. The third kappa shape index (κ3) is 6.97. The Balaban J connectivity index is 1.47. The topological polar surface area (TPSA) is 26.3 Å². The standard InChI is InChI=1S/C28H40F4O2/c1-3-6-19-9-13-21(14-10-19)22-15-11-20(12-16-22)7-5-8-24(33)23-17-18-25(34-4-2)27(29)26(23)28(30,31)32/h17-22H,3-16H2,1-2H3. The average molecular weight is 485 g/mol. The van der Waals surface area contributed by atoms with E-state index >= 15 is 0 Å². The van der Waals surface area contributed by atoms with Crippen molar-refractivity contribution in [2.75, 3.05) is 6.61 Å². The number of ether oxygens (including phenoxy) is 1. The van der Waals surface area contributed by atoms with Crippen LogP contribution in [-0.4, -0.2) is 12.4 Å². The van der Waals surface area contributed by atoms with E-state index in [0.29, 0.717) is 12.3 Å². The van der Waals surface area contributed by atoms with E-state index in [0.717, 1.165) is 49.1 Å². The van der Waals surface area contributed by atoms with Crippen molar-refractivity contribution in [2.24, 2.45) is 23.7 Å². The molecule has 2 aliphatic carbocycles. The van der Waals surface area contributed by atoms with E-state index in [1.807, 2.05) is 0 Å². The molecule has 2 aliphatic rings. The van der Waals surface area contributed by atoms with Crippen LogP contribution in [-0.2, 0) is 6.18 Å². The van der Waals surface area contributed by atoms with Gasteiger partial charge in [-0.1, -0.05) is 51.9 Å². The molecule has 3 rings (SSSR count). The zero-order valence-electron chi connectivity index (χ0n) is 20.7. The number of hydrogen-bond donors (Lipinski definition) is 0. The first-order valence-electron chi connectivity index (χ1n) is 13.3. The summed E-state index contributed by atoms with van der Waals surface area (Å²) in [4.78, 5) is 12.6. The highest BCUT2D eigenvalue weighted by Gasteiger charge is 2.40. The molecule has 0 radical (unpaired) electrons. The fraction of sp³-hybridized carbons (Fsp3) is 0.750. The second-order valence-electron chi connectivity index (χ2n) is 10.4. The lowest BCUT2D eigenvalue weighted by Gasteiger charge is -2.38. The average Bonchev–Trinajstić information content (AvgIpc) is 2.80. The van der Waals surface area contributed by atoms with Crippen molar-refractivity contribution in [3.8, 4) is 5.75 Å². The summed E-state index contributed by atoms with van der Waals surface area (Å²) < 4.78 is 59.9. The Labute approximate surface area is 201 Å². The molecule has 0 aromatic heterocycles. The maximum Gasteiger partial charge on any atom is 0.420 e. The molecule has 0 unspecified atom stereocenters. The summed E-state index contributed by atoms with van der Waals surface area (Å²) in [5.41, 5.74) is -2.09. The normalized spacial score (nSPS) is 25.8. The van der Waals surface area contributed by atoms with Crippen molar-refractivity contribution in [3.63, 3.8) is 0 Å². The monoisotopic (exact) mass is 484 g/mol. The van der Waals surface area contributed by atoms with Crippen LogP contribution in [0.15, 0.2) is 12.1 Å². The quantitative estimate of drug-likeness (QED) is 0.245. The van der Waals surface area contributed by atoms with Crippen molar-refractivity contribution in [1.82, 2.24) is 0 Å². The Morgan fingerprint density at radius 3 is 1.97 bits per heavy atom. The fourth-order valence-electron chi connectivity index (χ4n) is 6.32. The first-order valence-corrected chi connectivity index (χ1v) is 13.3. The van der Waals surface area contributed by atoms with Crippen molar-refractivity contribution in [3.05, 3.63) is 29.1 Å². The molecule has 2 saturated carbocycles. The molecule has 192 valence electrons. The SMILES string of the molecule is CCCC1CCC(C2CCC(CCCC(=O)c3ccc(OCC)c(F)c3C(F)(F)F)CC2)CC1. The molecule has 1 aromatic carbocycles. The molecule has 0 N–H and O–H groups in total. The summed E-state index contributed by atoms with van der Waals surface area (Å²) in [7, 11) is 0. The Hall–Kier alpha value is -1.59. The van der Waals surface area contributed by atoms with Gasteiger partial charge in [-0.3, -0.25) is 4.79 Å². The van der Waals surface area contributed by atoms with Gasteiger partial charge in [0.25, 0.3) is 0 Å². The van der Waals surface area contributed by atoms with Gasteiger partial charge in [0, 0.05) is 12.0 Å². The number of carbonyl (C=O) groups excluding carboxylic acids is 1. The Bertz CT molecular complexity index is 788. The molecule has 1 aromatic rings. The van der Waals surface area contributed by atoms with Crippen molar-refractivity contribution < 1.29 is 27.1 Å². The molecule has 0 spiro atoms. The first-order chi connectivity index (χ1) is 16.2. The first kappa shape index (κ1) is 27.0. The van der Waals surface area contributed by atoms with Gasteiger partial charge in [-0.25, -0.2) is 4.39 Å². The Kier molecular flexibility index (Phi) is 9.84. The molecule has 2 fully saturated rings. The smallest absolute Gasteiger partial charge is 0.420 e. The lowest BCUT2D eigenvalue weighted by molar-refractivity contribution is -0.140. The minimum absolute atomic E-state index is 0.0118. The Morgan fingerprint density at radius 2 is 1.47 bits per heavy atom. The van der Waals surface area contributed by atoms with Crippen LogP contribution in [0.25, 0.3) is 0 Å². The number of alkyl halides is 3. The van der Waals surface area contributed by atoms with Crippen LogP contribution in [0.2, 0.25) is 0 Å². The highest BCUT2D eigenvalue weighted by atomic mass is 19.4. The van der Waals surface area contributed by atoms with E-state index < -0.39 is 34.7 Å². The maximum absolute atomic E-state index is 14.4. The van der Waals surface area contributed by atoms with Gasteiger partial charge in [0.2, 0.25) is 0 Å². The highest BCUT2D eigenvalue weighted by molar-refractivity contribution is 5.97. The van der Waals surface area contributed by atoms with E-state index in [2.05, 4.69) is 6.92 Å². The summed E-state index contributed by atoms with van der Waals surface area (Å²) in [5, 5.41) is 0. The summed E-state index contributed by atoms with van der Waals surface area (Å²) in [6.07, 6.45) is 9.40. The van der Waals surface area contributed by atoms with Gasteiger partial charge < -0.3 is 4.74 Å². The molecular weight excluding hydrogens is 444 g/mol. The van der Waals surface area contributed by atoms with Crippen LogP contribution in [0.3, 0.4) is 0 Å². The van der Waals surface area contributed by atoms with Gasteiger partial charge in [0.05, 0.1) is 6.61 Å². The van der Waals surface area contributed by atoms with E-state index in [-0.39, 0.29) is 13.0 Å². The number of hydrogen-bond acceptors (Lipinski definition) is 2. The van der Waals surface area contributed by atoms with Gasteiger partial charge in [-0.15, -0.1) is 0 Å². The summed E-state index contributed by atoms with van der Waals surface area (Å²) >= 11 is 0. The third-order valence-corrected chi connectivity index (χ3v) is 8.15. The molecule has 6 heteroatoms. The molecule has 34 heavy (non-hydrogen) atoms. The number of halogens is 4. The third-order valence-electron chi connectivity index (χ3n) is 8.15. The molecule has 0 atom stereocenters. The minimum Gasteiger partial charge on any atom is -0.491 e. The molecule has 0 saturated heterocycles. The summed E-state index contributed by atoms with van der Waals surface area (Å²) in [6.45, 7) is 3.88. The number of rotatable bonds is 10. The molecule has 0 heterocycles. The summed E-state index contributed by atoms with van der Waals surface area (Å²) in [6, 6.07) is 2.18. The van der Waals surface area contributed by atoms with Crippen LogP contribution in [0.5, 0.6) is 5.75 Å². The zero-order valence-corrected chi connectivity index (χ0v) is 20.7. The van der Waals surface area contributed by atoms with Crippen molar-refractivity contribution in [1.29, 1.82) is 0 Å². The predicted octanol–water partition coefficient (Wildman–Crippen LogP) is 9.01. The minimum atomic E-state index is -4.95. The van der Waals surface area contributed by atoms with Gasteiger partial charge in [-0.05, 0) is 74.8 Å². The van der Waals surface area contributed by atoms with E-state index in [9.17, 15) is 22.4 Å². The number of carbonyl (C=O) groups is 1. The number of ketones is 1. The Morgan fingerprint density at radius 1 is 0.912 bits per heavy atom. The zero-order chi connectivity index (χ0) is 24.7. The molecular formula is C28H40F4O2. The van der Waals surface area contributed by atoms with E-state index in [4.69, 9.17) is 4.74 Å². The lowest BCUT2D eigenvalue weighted by Crippen LogP contribution is -2.26. The van der Waals surface area contributed by atoms with E-state index in [1.165, 1.54) is 51.4 Å². The van der Waals surface area contributed by atoms with Crippen molar-refractivity contribution in [2.45, 2.75) is 103 Å². The van der Waals surface area contributed by atoms with Crippen LogP contribution in [0.1, 0.15) is 113 Å². The van der Waals surface area contributed by atoms with E-state index in [1.54, 1.807) is 6.92 Å².